The fourth-order valence-electron chi connectivity index (χ4n) is 4.04. The van der Waals surface area contributed by atoms with Crippen LogP contribution in [0, 0.1) is 12.3 Å². The Kier molecular flexibility index (Phi) is 10.2. The van der Waals surface area contributed by atoms with Crippen LogP contribution in [-0.2, 0) is 22.4 Å². The number of benzene rings is 3. The van der Waals surface area contributed by atoms with E-state index in [0.29, 0.717) is 0 Å². The minimum atomic E-state index is 0. The van der Waals surface area contributed by atoms with Gasteiger partial charge in [0.2, 0.25) is 0 Å². The first-order valence-electron chi connectivity index (χ1n) is 12.5. The van der Waals surface area contributed by atoms with Gasteiger partial charge in [-0.2, -0.15) is 0 Å². The molecule has 0 saturated heterocycles. The molecule has 0 radical (unpaired) electrons. The Hall–Kier alpha value is -4.79. The number of rotatable bonds is 5. The molecule has 3 aromatic carbocycles. The Labute approximate surface area is 251 Å². The van der Waals surface area contributed by atoms with Crippen LogP contribution in [0.4, 0.5) is 17.1 Å². The normalized spacial score (nSPS) is 9.78. The number of nitrogens with zero attached hydrogens (tertiary/aromatic N) is 4. The van der Waals surface area contributed by atoms with Gasteiger partial charge in [-0.1, -0.05) is 66.7 Å². The van der Waals surface area contributed by atoms with E-state index in [9.17, 15) is 0 Å². The van der Waals surface area contributed by atoms with Crippen molar-refractivity contribution in [3.8, 4) is 28.7 Å². The Morgan fingerprint density at radius 1 is 0.450 bits per heavy atom. The number of hydrogen-bond donors (Lipinski definition) is 0. The Bertz CT molecular complexity index is 1540. The number of pyridine rings is 3. The Morgan fingerprint density at radius 3 is 1.30 bits per heavy atom. The second-order valence-electron chi connectivity index (χ2n) is 8.52. The van der Waals surface area contributed by atoms with Crippen LogP contribution >= 0.6 is 0 Å². The summed E-state index contributed by atoms with van der Waals surface area (Å²) >= 11 is 0. The maximum absolute atomic E-state index is 7.19. The maximum Gasteiger partial charge on any atom is 1.00 e. The third-order valence-electron chi connectivity index (χ3n) is 5.90. The quantitative estimate of drug-likeness (QED) is 0.103. The van der Waals surface area contributed by atoms with Gasteiger partial charge < -0.3 is 11.3 Å². The second kappa shape index (κ2) is 14.4. The molecule has 0 aliphatic heterocycles. The zero-order chi connectivity index (χ0) is 26.7. The first-order valence-corrected chi connectivity index (χ1v) is 12.5. The third kappa shape index (κ3) is 7.19. The summed E-state index contributed by atoms with van der Waals surface area (Å²) in [5.41, 5.74) is 7.51. The molecule has 0 atom stereocenters. The van der Waals surface area contributed by atoms with Crippen molar-refractivity contribution in [1.82, 2.24) is 15.0 Å². The maximum atomic E-state index is 7.19. The minimum Gasteiger partial charge on any atom is -0.366 e. The Morgan fingerprint density at radius 2 is 0.875 bits per heavy atom. The largest absolute Gasteiger partial charge is 1.00 e. The van der Waals surface area contributed by atoms with Crippen LogP contribution in [-0.4, -0.2) is 15.0 Å². The van der Waals surface area contributed by atoms with Crippen LogP contribution in [0.3, 0.4) is 0 Å². The van der Waals surface area contributed by atoms with Crippen molar-refractivity contribution in [2.24, 2.45) is 0 Å². The van der Waals surface area contributed by atoms with E-state index in [1.807, 2.05) is 115 Å². The first kappa shape index (κ1) is 28.2. The van der Waals surface area contributed by atoms with Gasteiger partial charge in [0, 0.05) is 29.5 Å². The predicted octanol–water partition coefficient (Wildman–Crippen LogP) is 8.30. The van der Waals surface area contributed by atoms with Crippen LogP contribution in [0.1, 0.15) is 5.56 Å². The molecule has 0 N–H and O–H groups in total. The van der Waals surface area contributed by atoms with Crippen LogP contribution in [0.15, 0.2) is 152 Å². The van der Waals surface area contributed by atoms with Gasteiger partial charge in [0.25, 0.3) is 0 Å². The van der Waals surface area contributed by atoms with E-state index in [4.69, 9.17) is 6.42 Å². The molecule has 196 valence electrons. The van der Waals surface area contributed by atoms with Crippen molar-refractivity contribution < 1.29 is 22.4 Å². The van der Waals surface area contributed by atoms with Crippen molar-refractivity contribution in [2.45, 2.75) is 0 Å². The molecule has 0 aliphatic carbocycles. The number of para-hydroxylation sites is 2. The molecule has 6 aromatic rings. The Balaban J connectivity index is 0.000000182. The molecule has 0 fully saturated rings. The van der Waals surface area contributed by atoms with Crippen LogP contribution < -0.4 is 4.90 Å². The van der Waals surface area contributed by atoms with Gasteiger partial charge >= 0.3 is 22.4 Å². The topological polar surface area (TPSA) is 41.9 Å². The van der Waals surface area contributed by atoms with E-state index < -0.39 is 0 Å². The molecule has 0 unspecified atom stereocenters. The van der Waals surface area contributed by atoms with Crippen molar-refractivity contribution in [3.05, 3.63) is 164 Å². The second-order valence-corrected chi connectivity index (χ2v) is 8.52. The average Bonchev–Trinajstić information content (AvgIpc) is 3.04. The molecule has 0 saturated carbocycles. The minimum absolute atomic E-state index is 0. The van der Waals surface area contributed by atoms with Crippen LogP contribution in [0.2, 0.25) is 0 Å². The van der Waals surface area contributed by atoms with Gasteiger partial charge in [0.05, 0.1) is 22.8 Å². The van der Waals surface area contributed by atoms with Crippen molar-refractivity contribution in [2.75, 3.05) is 4.90 Å². The monoisotopic (exact) mass is 698 g/mol. The van der Waals surface area contributed by atoms with Crippen molar-refractivity contribution in [3.63, 3.8) is 0 Å². The molecular weight excluding hydrogens is 673 g/mol. The summed E-state index contributed by atoms with van der Waals surface area (Å²) in [5.74, 6) is 2.40. The molecule has 3 heterocycles. The zero-order valence-electron chi connectivity index (χ0n) is 21.5. The standard InChI is InChI=1S/C20H14N.C15H11N3.Au/c1-2-17-13-15-20(16-14-17)21(18-9-5-3-6-10-18)19-11-7-4-8-12-19;1-3-10-16-12(6-1)14-8-5-9-15(18-14)13-7-2-4-11-17-13;/h3-16H;1-11H;/q-1;;+1. The molecule has 5 heteroatoms. The molecule has 0 amide bonds. The summed E-state index contributed by atoms with van der Waals surface area (Å²) in [4.78, 5) is 15.4. The smallest absolute Gasteiger partial charge is 0.366 e. The zero-order valence-corrected chi connectivity index (χ0v) is 23.7. The van der Waals surface area contributed by atoms with Gasteiger partial charge in [-0.05, 0) is 60.7 Å². The van der Waals surface area contributed by atoms with Gasteiger partial charge in [0.1, 0.15) is 0 Å². The fraction of sp³-hybridized carbons (Fsp3) is 0. The molecule has 3 aromatic heterocycles. The average molecular weight is 699 g/mol. The molecular formula is C35H25AuN4. The van der Waals surface area contributed by atoms with E-state index in [-0.39, 0.29) is 22.4 Å². The summed E-state index contributed by atoms with van der Waals surface area (Å²) in [7, 11) is 0. The first-order chi connectivity index (χ1) is 19.3. The van der Waals surface area contributed by atoms with Gasteiger partial charge in [-0.3, -0.25) is 15.9 Å². The van der Waals surface area contributed by atoms with E-state index in [2.05, 4.69) is 50.0 Å². The molecule has 0 aliphatic rings. The van der Waals surface area contributed by atoms with E-state index >= 15 is 0 Å². The third-order valence-corrected chi connectivity index (χ3v) is 5.90. The summed E-state index contributed by atoms with van der Waals surface area (Å²) in [6.07, 6.45) is 10.7. The predicted molar refractivity (Wildman–Crippen MR) is 158 cm³/mol. The molecule has 0 spiro atoms. The van der Waals surface area contributed by atoms with Gasteiger partial charge in [-0.25, -0.2) is 4.98 Å². The van der Waals surface area contributed by atoms with Crippen molar-refractivity contribution >= 4 is 17.1 Å². The number of aromatic nitrogens is 3. The summed E-state index contributed by atoms with van der Waals surface area (Å²) in [5, 5.41) is 0. The van der Waals surface area contributed by atoms with Crippen molar-refractivity contribution in [1.29, 1.82) is 0 Å². The van der Waals surface area contributed by atoms with E-state index in [1.165, 1.54) is 0 Å². The summed E-state index contributed by atoms with van der Waals surface area (Å²) < 4.78 is 0. The summed E-state index contributed by atoms with van der Waals surface area (Å²) in [6, 6.07) is 45.8. The van der Waals surface area contributed by atoms with Gasteiger partial charge in [-0.15, -0.1) is 17.7 Å². The molecule has 4 nitrogen and oxygen atoms in total. The SMILES string of the molecule is [Au+].[C-]#Cc1ccc(N(c2ccccc2)c2ccccc2)cc1.c1ccc(-c2cccc(-c3ccccn3)n2)nc1. The molecule has 0 bridgehead atoms. The number of hydrogen-bond acceptors (Lipinski definition) is 4. The van der Waals surface area contributed by atoms with E-state index in [1.54, 1.807) is 12.4 Å². The summed E-state index contributed by atoms with van der Waals surface area (Å²) in [6.45, 7) is 0. The van der Waals surface area contributed by atoms with Gasteiger partial charge in [0.15, 0.2) is 0 Å². The molecule has 6 rings (SSSR count). The van der Waals surface area contributed by atoms with Crippen LogP contribution in [0.5, 0.6) is 0 Å². The van der Waals surface area contributed by atoms with E-state index in [0.717, 1.165) is 45.4 Å². The van der Waals surface area contributed by atoms with Crippen LogP contribution in [0.25, 0.3) is 22.8 Å². The molecule has 40 heavy (non-hydrogen) atoms. The number of anilines is 3. The fourth-order valence-corrected chi connectivity index (χ4v) is 4.04.